The van der Waals surface area contributed by atoms with Crippen molar-refractivity contribution in [2.75, 3.05) is 25.0 Å². The molecule has 6 nitrogen and oxygen atoms in total. The molecule has 3 heterocycles. The lowest BCUT2D eigenvalue weighted by molar-refractivity contribution is 0.277. The predicted molar refractivity (Wildman–Crippen MR) is 96.3 cm³/mol. The molecule has 2 fully saturated rings. The second-order valence-corrected chi connectivity index (χ2v) is 7.22. The van der Waals surface area contributed by atoms with Crippen LogP contribution < -0.4 is 5.32 Å². The summed E-state index contributed by atoms with van der Waals surface area (Å²) in [6.07, 6.45) is 9.51. The Morgan fingerprint density at radius 1 is 1.17 bits per heavy atom. The van der Waals surface area contributed by atoms with E-state index in [4.69, 9.17) is 9.97 Å². The standard InChI is InChI=1S/C18H28N6/c1-3-24-10-6-9-14(24)11-19-17-15-12-20-23(2)18(15)22-16(21-17)13-7-4-5-8-13/h12-14H,3-11H2,1-2H3,(H,19,21,22)/t14-/m1/s1. The van der Waals surface area contributed by atoms with Crippen molar-refractivity contribution in [3.05, 3.63) is 12.0 Å². The van der Waals surface area contributed by atoms with Gasteiger partial charge in [0.2, 0.25) is 0 Å². The zero-order chi connectivity index (χ0) is 16.5. The van der Waals surface area contributed by atoms with Crippen LogP contribution in [-0.4, -0.2) is 50.3 Å². The molecule has 2 aromatic rings. The predicted octanol–water partition coefficient (Wildman–Crippen LogP) is 2.92. The lowest BCUT2D eigenvalue weighted by Crippen LogP contribution is -2.34. The Morgan fingerprint density at radius 3 is 2.79 bits per heavy atom. The van der Waals surface area contributed by atoms with Gasteiger partial charge in [-0.1, -0.05) is 19.8 Å². The first-order valence-electron chi connectivity index (χ1n) is 9.44. The smallest absolute Gasteiger partial charge is 0.163 e. The van der Waals surface area contributed by atoms with Crippen molar-refractivity contribution in [1.29, 1.82) is 0 Å². The largest absolute Gasteiger partial charge is 0.368 e. The van der Waals surface area contributed by atoms with Crippen LogP contribution in [-0.2, 0) is 7.05 Å². The monoisotopic (exact) mass is 328 g/mol. The highest BCUT2D eigenvalue weighted by Gasteiger charge is 2.25. The second-order valence-electron chi connectivity index (χ2n) is 7.22. The van der Waals surface area contributed by atoms with Crippen LogP contribution in [0.15, 0.2) is 6.20 Å². The molecule has 1 aliphatic heterocycles. The molecule has 1 saturated carbocycles. The molecule has 1 N–H and O–H groups in total. The minimum atomic E-state index is 0.517. The fourth-order valence-corrected chi connectivity index (χ4v) is 4.30. The van der Waals surface area contributed by atoms with Crippen molar-refractivity contribution in [1.82, 2.24) is 24.6 Å². The molecule has 4 rings (SSSR count). The first-order chi connectivity index (χ1) is 11.8. The van der Waals surface area contributed by atoms with E-state index in [0.29, 0.717) is 12.0 Å². The highest BCUT2D eigenvalue weighted by Crippen LogP contribution is 2.34. The van der Waals surface area contributed by atoms with Gasteiger partial charge >= 0.3 is 0 Å². The summed E-state index contributed by atoms with van der Waals surface area (Å²) in [5.74, 6) is 2.49. The second kappa shape index (κ2) is 6.67. The lowest BCUT2D eigenvalue weighted by atomic mass is 10.1. The van der Waals surface area contributed by atoms with Crippen LogP contribution in [0.2, 0.25) is 0 Å². The summed E-state index contributed by atoms with van der Waals surface area (Å²) in [6.45, 7) is 5.56. The van der Waals surface area contributed by atoms with Crippen molar-refractivity contribution in [2.45, 2.75) is 57.4 Å². The van der Waals surface area contributed by atoms with Crippen LogP contribution >= 0.6 is 0 Å². The molecule has 24 heavy (non-hydrogen) atoms. The Bertz CT molecular complexity index is 703. The van der Waals surface area contributed by atoms with E-state index in [0.717, 1.165) is 35.8 Å². The molecule has 0 unspecified atom stereocenters. The molecule has 130 valence electrons. The van der Waals surface area contributed by atoms with E-state index in [2.05, 4.69) is 22.2 Å². The zero-order valence-electron chi connectivity index (χ0n) is 14.8. The minimum absolute atomic E-state index is 0.517. The zero-order valence-corrected chi connectivity index (χ0v) is 14.8. The molecular weight excluding hydrogens is 300 g/mol. The van der Waals surface area contributed by atoms with Gasteiger partial charge in [0.1, 0.15) is 11.6 Å². The van der Waals surface area contributed by atoms with Gasteiger partial charge < -0.3 is 5.32 Å². The van der Waals surface area contributed by atoms with Crippen molar-refractivity contribution < 1.29 is 0 Å². The van der Waals surface area contributed by atoms with Crippen LogP contribution in [0, 0.1) is 0 Å². The topological polar surface area (TPSA) is 58.9 Å². The fraction of sp³-hybridized carbons (Fsp3) is 0.722. The summed E-state index contributed by atoms with van der Waals surface area (Å²) < 4.78 is 1.87. The molecule has 6 heteroatoms. The number of nitrogens with one attached hydrogen (secondary N) is 1. The summed E-state index contributed by atoms with van der Waals surface area (Å²) in [5, 5.41) is 9.07. The Labute approximate surface area is 143 Å². The van der Waals surface area contributed by atoms with Crippen molar-refractivity contribution >= 4 is 16.9 Å². The van der Waals surface area contributed by atoms with Gasteiger partial charge in [-0.15, -0.1) is 0 Å². The normalized spacial score (nSPS) is 22.7. The first-order valence-corrected chi connectivity index (χ1v) is 9.44. The molecular formula is C18H28N6. The average Bonchev–Trinajstić information content (AvgIpc) is 3.34. The van der Waals surface area contributed by atoms with Crippen molar-refractivity contribution in [2.24, 2.45) is 7.05 Å². The summed E-state index contributed by atoms with van der Waals surface area (Å²) in [5.41, 5.74) is 0.952. The van der Waals surface area contributed by atoms with E-state index in [1.807, 2.05) is 17.9 Å². The van der Waals surface area contributed by atoms with E-state index < -0.39 is 0 Å². The van der Waals surface area contributed by atoms with Crippen molar-refractivity contribution in [3.8, 4) is 0 Å². The molecule has 1 saturated heterocycles. The maximum absolute atomic E-state index is 4.91. The van der Waals surface area contributed by atoms with Gasteiger partial charge in [0, 0.05) is 25.6 Å². The molecule has 0 aromatic carbocycles. The van der Waals surface area contributed by atoms with E-state index in [1.54, 1.807) is 0 Å². The lowest BCUT2D eigenvalue weighted by Gasteiger charge is -2.23. The number of likely N-dealkylation sites (N-methyl/N-ethyl adjacent to an activating group) is 1. The molecule has 0 bridgehead atoms. The van der Waals surface area contributed by atoms with Crippen LogP contribution in [0.3, 0.4) is 0 Å². The Morgan fingerprint density at radius 2 is 2.00 bits per heavy atom. The van der Waals surface area contributed by atoms with Gasteiger partial charge in [0.15, 0.2) is 5.65 Å². The number of hydrogen-bond acceptors (Lipinski definition) is 5. The first kappa shape index (κ1) is 15.8. The third-order valence-corrected chi connectivity index (χ3v) is 5.74. The van der Waals surface area contributed by atoms with Gasteiger partial charge in [-0.3, -0.25) is 9.58 Å². The number of aromatic nitrogens is 4. The van der Waals surface area contributed by atoms with Gasteiger partial charge in [0.25, 0.3) is 0 Å². The van der Waals surface area contributed by atoms with Crippen LogP contribution in [0.4, 0.5) is 5.82 Å². The number of hydrogen-bond donors (Lipinski definition) is 1. The highest BCUT2D eigenvalue weighted by atomic mass is 15.3. The quantitative estimate of drug-likeness (QED) is 0.914. The maximum Gasteiger partial charge on any atom is 0.163 e. The van der Waals surface area contributed by atoms with Gasteiger partial charge in [-0.05, 0) is 38.8 Å². The summed E-state index contributed by atoms with van der Waals surface area (Å²) in [4.78, 5) is 12.3. The van der Waals surface area contributed by atoms with Crippen LogP contribution in [0.1, 0.15) is 57.2 Å². The van der Waals surface area contributed by atoms with Crippen LogP contribution in [0.5, 0.6) is 0 Å². The average molecular weight is 328 g/mol. The molecule has 1 aliphatic carbocycles. The number of anilines is 1. The molecule has 0 spiro atoms. The number of aryl methyl sites for hydroxylation is 1. The van der Waals surface area contributed by atoms with E-state index in [9.17, 15) is 0 Å². The highest BCUT2D eigenvalue weighted by molar-refractivity contribution is 5.86. The van der Waals surface area contributed by atoms with Crippen molar-refractivity contribution in [3.63, 3.8) is 0 Å². The van der Waals surface area contributed by atoms with E-state index >= 15 is 0 Å². The van der Waals surface area contributed by atoms with Gasteiger partial charge in [-0.2, -0.15) is 5.10 Å². The fourth-order valence-electron chi connectivity index (χ4n) is 4.30. The minimum Gasteiger partial charge on any atom is -0.368 e. The summed E-state index contributed by atoms with van der Waals surface area (Å²) in [7, 11) is 1.97. The van der Waals surface area contributed by atoms with Crippen LogP contribution in [0.25, 0.3) is 11.0 Å². The van der Waals surface area contributed by atoms with Gasteiger partial charge in [-0.25, -0.2) is 9.97 Å². The Kier molecular flexibility index (Phi) is 4.39. The van der Waals surface area contributed by atoms with Gasteiger partial charge in [0.05, 0.1) is 11.6 Å². The number of nitrogens with zero attached hydrogens (tertiary/aromatic N) is 5. The molecule has 0 amide bonds. The molecule has 1 atom stereocenters. The number of fused-ring (bicyclic) bond motifs is 1. The molecule has 0 radical (unpaired) electrons. The van der Waals surface area contributed by atoms with E-state index in [1.165, 1.54) is 45.1 Å². The SMILES string of the molecule is CCN1CCC[C@@H]1CNc1nc(C2CCCC2)nc2c1cnn2C. The molecule has 2 aliphatic rings. The molecule has 2 aromatic heterocycles. The third kappa shape index (κ3) is 2.88. The third-order valence-electron chi connectivity index (χ3n) is 5.74. The summed E-state index contributed by atoms with van der Waals surface area (Å²) >= 11 is 0. The number of rotatable bonds is 5. The van der Waals surface area contributed by atoms with E-state index in [-0.39, 0.29) is 0 Å². The Hall–Kier alpha value is -1.69. The maximum atomic E-state index is 4.91. The Balaban J connectivity index is 1.60. The number of likely N-dealkylation sites (tertiary alicyclic amines) is 1. The summed E-state index contributed by atoms with van der Waals surface area (Å²) in [6, 6.07) is 0.617.